The van der Waals surface area contributed by atoms with Crippen molar-refractivity contribution in [1.29, 1.82) is 0 Å². The predicted octanol–water partition coefficient (Wildman–Crippen LogP) is 1.63. The van der Waals surface area contributed by atoms with Crippen LogP contribution in [0.3, 0.4) is 0 Å². The molecule has 1 aliphatic heterocycles. The Hall–Kier alpha value is -0.0800. The monoisotopic (exact) mass is 183 g/mol. The molecule has 0 aromatic heterocycles. The van der Waals surface area contributed by atoms with Gasteiger partial charge in [-0.1, -0.05) is 13.3 Å². The van der Waals surface area contributed by atoms with E-state index in [0.717, 1.165) is 13.0 Å². The van der Waals surface area contributed by atoms with Crippen molar-refractivity contribution >= 4 is 0 Å². The van der Waals surface area contributed by atoms with Crippen molar-refractivity contribution < 1.29 is 5.11 Å². The van der Waals surface area contributed by atoms with Gasteiger partial charge in [0.05, 0.1) is 5.60 Å². The SMILES string of the molecule is CCC(C)(O)CN1CC2(CCC2)C1. The molecule has 1 N–H and O–H groups in total. The predicted molar refractivity (Wildman–Crippen MR) is 53.6 cm³/mol. The summed E-state index contributed by atoms with van der Waals surface area (Å²) in [5, 5.41) is 9.88. The molecule has 2 heteroatoms. The van der Waals surface area contributed by atoms with Gasteiger partial charge >= 0.3 is 0 Å². The molecule has 1 atom stereocenters. The minimum absolute atomic E-state index is 0.467. The third kappa shape index (κ3) is 1.75. The molecule has 1 aliphatic carbocycles. The first-order valence-corrected chi connectivity index (χ1v) is 5.50. The molecular weight excluding hydrogens is 162 g/mol. The highest BCUT2D eigenvalue weighted by molar-refractivity contribution is 5.01. The van der Waals surface area contributed by atoms with Gasteiger partial charge < -0.3 is 5.11 Å². The number of β-amino-alcohol motifs (C(OH)–C–C–N with tert-alkyl or cyclic N) is 1. The first kappa shape index (κ1) is 9.47. The maximum Gasteiger partial charge on any atom is 0.0743 e. The van der Waals surface area contributed by atoms with Crippen LogP contribution in [0.1, 0.15) is 39.5 Å². The summed E-state index contributed by atoms with van der Waals surface area (Å²) in [6, 6.07) is 0. The minimum Gasteiger partial charge on any atom is -0.389 e. The van der Waals surface area contributed by atoms with Crippen LogP contribution in [0.4, 0.5) is 0 Å². The lowest BCUT2D eigenvalue weighted by atomic mass is 9.63. The zero-order chi connectivity index (χ0) is 9.53. The van der Waals surface area contributed by atoms with E-state index in [1.807, 2.05) is 6.92 Å². The highest BCUT2D eigenvalue weighted by Gasteiger charge is 2.47. The summed E-state index contributed by atoms with van der Waals surface area (Å²) in [5.74, 6) is 0. The fourth-order valence-corrected chi connectivity index (χ4v) is 2.60. The number of hydrogen-bond donors (Lipinski definition) is 1. The first-order valence-electron chi connectivity index (χ1n) is 5.50. The van der Waals surface area contributed by atoms with E-state index in [1.54, 1.807) is 0 Å². The summed E-state index contributed by atoms with van der Waals surface area (Å²) in [6.07, 6.45) is 5.14. The van der Waals surface area contributed by atoms with Crippen molar-refractivity contribution in [3.63, 3.8) is 0 Å². The van der Waals surface area contributed by atoms with Gasteiger partial charge in [0, 0.05) is 19.6 Å². The van der Waals surface area contributed by atoms with Crippen LogP contribution in [-0.2, 0) is 0 Å². The van der Waals surface area contributed by atoms with Gasteiger partial charge in [0.15, 0.2) is 0 Å². The Balaban J connectivity index is 1.74. The topological polar surface area (TPSA) is 23.5 Å². The molecule has 76 valence electrons. The van der Waals surface area contributed by atoms with Gasteiger partial charge in [-0.25, -0.2) is 0 Å². The van der Waals surface area contributed by atoms with E-state index in [0.29, 0.717) is 5.41 Å². The Kier molecular flexibility index (Phi) is 2.16. The lowest BCUT2D eigenvalue weighted by molar-refractivity contribution is -0.0970. The third-order valence-corrected chi connectivity index (χ3v) is 3.86. The van der Waals surface area contributed by atoms with Gasteiger partial charge in [0.1, 0.15) is 0 Å². The maximum absolute atomic E-state index is 9.88. The Morgan fingerprint density at radius 2 is 2.00 bits per heavy atom. The molecule has 0 amide bonds. The Labute approximate surface area is 80.9 Å². The molecule has 1 saturated heterocycles. The van der Waals surface area contributed by atoms with E-state index in [2.05, 4.69) is 11.8 Å². The van der Waals surface area contributed by atoms with Gasteiger partial charge in [-0.3, -0.25) is 4.90 Å². The van der Waals surface area contributed by atoms with Crippen molar-refractivity contribution in [2.75, 3.05) is 19.6 Å². The van der Waals surface area contributed by atoms with Gasteiger partial charge in [-0.15, -0.1) is 0 Å². The van der Waals surface area contributed by atoms with Crippen LogP contribution in [-0.4, -0.2) is 35.2 Å². The lowest BCUT2D eigenvalue weighted by Gasteiger charge is -2.57. The minimum atomic E-state index is -0.467. The molecule has 0 bridgehead atoms. The summed E-state index contributed by atoms with van der Waals surface area (Å²) >= 11 is 0. The molecule has 1 unspecified atom stereocenters. The molecule has 2 rings (SSSR count). The lowest BCUT2D eigenvalue weighted by Crippen LogP contribution is -2.62. The van der Waals surface area contributed by atoms with Crippen LogP contribution >= 0.6 is 0 Å². The van der Waals surface area contributed by atoms with Gasteiger partial charge in [-0.2, -0.15) is 0 Å². The zero-order valence-corrected chi connectivity index (χ0v) is 8.84. The van der Waals surface area contributed by atoms with Gasteiger partial charge in [0.25, 0.3) is 0 Å². The zero-order valence-electron chi connectivity index (χ0n) is 8.84. The third-order valence-electron chi connectivity index (χ3n) is 3.86. The second-order valence-corrected chi connectivity index (χ2v) is 5.35. The van der Waals surface area contributed by atoms with Crippen molar-refractivity contribution in [2.45, 2.75) is 45.1 Å². The van der Waals surface area contributed by atoms with Crippen LogP contribution in [0.5, 0.6) is 0 Å². The Morgan fingerprint density at radius 3 is 2.38 bits per heavy atom. The van der Waals surface area contributed by atoms with Crippen molar-refractivity contribution in [2.24, 2.45) is 5.41 Å². The molecule has 0 aromatic carbocycles. The van der Waals surface area contributed by atoms with Crippen LogP contribution < -0.4 is 0 Å². The van der Waals surface area contributed by atoms with E-state index in [4.69, 9.17) is 0 Å². The number of hydrogen-bond acceptors (Lipinski definition) is 2. The molecule has 1 spiro atoms. The van der Waals surface area contributed by atoms with Crippen molar-refractivity contribution in [3.8, 4) is 0 Å². The summed E-state index contributed by atoms with van der Waals surface area (Å²) in [7, 11) is 0. The second kappa shape index (κ2) is 2.96. The molecule has 1 heterocycles. The first-order chi connectivity index (χ1) is 6.05. The van der Waals surface area contributed by atoms with E-state index in [-0.39, 0.29) is 0 Å². The number of aliphatic hydroxyl groups is 1. The number of rotatable bonds is 3. The smallest absolute Gasteiger partial charge is 0.0743 e. The van der Waals surface area contributed by atoms with Crippen molar-refractivity contribution in [3.05, 3.63) is 0 Å². The molecule has 1 saturated carbocycles. The molecule has 0 aromatic rings. The Morgan fingerprint density at radius 1 is 1.38 bits per heavy atom. The highest BCUT2D eigenvalue weighted by atomic mass is 16.3. The van der Waals surface area contributed by atoms with E-state index in [1.165, 1.54) is 32.4 Å². The second-order valence-electron chi connectivity index (χ2n) is 5.35. The largest absolute Gasteiger partial charge is 0.389 e. The fraction of sp³-hybridized carbons (Fsp3) is 1.00. The number of nitrogens with zero attached hydrogens (tertiary/aromatic N) is 1. The summed E-state index contributed by atoms with van der Waals surface area (Å²) in [4.78, 5) is 2.41. The normalized spacial score (nSPS) is 30.7. The van der Waals surface area contributed by atoms with Gasteiger partial charge in [-0.05, 0) is 31.6 Å². The molecule has 2 aliphatic rings. The molecule has 0 radical (unpaired) electrons. The van der Waals surface area contributed by atoms with Crippen molar-refractivity contribution in [1.82, 2.24) is 4.90 Å². The average Bonchev–Trinajstić information content (AvgIpc) is 1.92. The molecule has 13 heavy (non-hydrogen) atoms. The van der Waals surface area contributed by atoms with E-state index < -0.39 is 5.60 Å². The van der Waals surface area contributed by atoms with Gasteiger partial charge in [0.2, 0.25) is 0 Å². The van der Waals surface area contributed by atoms with E-state index >= 15 is 0 Å². The molecular formula is C11H21NO. The summed E-state index contributed by atoms with van der Waals surface area (Å²) in [6.45, 7) is 7.34. The highest BCUT2D eigenvalue weighted by Crippen LogP contribution is 2.48. The van der Waals surface area contributed by atoms with E-state index in [9.17, 15) is 5.11 Å². The maximum atomic E-state index is 9.88. The molecule has 2 nitrogen and oxygen atoms in total. The summed E-state index contributed by atoms with van der Waals surface area (Å²) < 4.78 is 0. The Bertz CT molecular complexity index is 188. The van der Waals surface area contributed by atoms with Crippen LogP contribution in [0, 0.1) is 5.41 Å². The fourth-order valence-electron chi connectivity index (χ4n) is 2.60. The van der Waals surface area contributed by atoms with Crippen LogP contribution in [0.15, 0.2) is 0 Å². The quantitative estimate of drug-likeness (QED) is 0.719. The average molecular weight is 183 g/mol. The molecule has 2 fully saturated rings. The standard InChI is InChI=1S/C11H21NO/c1-3-10(2,13)7-12-8-11(9-12)5-4-6-11/h13H,3-9H2,1-2H3. The van der Waals surface area contributed by atoms with Crippen LogP contribution in [0.2, 0.25) is 0 Å². The van der Waals surface area contributed by atoms with Crippen LogP contribution in [0.25, 0.3) is 0 Å². The summed E-state index contributed by atoms with van der Waals surface area (Å²) in [5.41, 5.74) is 0.231. The number of likely N-dealkylation sites (tertiary alicyclic amines) is 1.